The quantitative estimate of drug-likeness (QED) is 0.467. The molecule has 0 aromatic rings. The zero-order chi connectivity index (χ0) is 7.66. The standard InChI is InChI=1S/C10H22.2Sn.4H/c1-3-5-7-9-10-8-6-4-2;;;;;;/h3-10H2,1-2H3;;;;;;. The Bertz CT molecular complexity index is 47.8. The first-order valence-corrected chi connectivity index (χ1v) is 4.91. The van der Waals surface area contributed by atoms with E-state index in [-0.39, 0.29) is 47.8 Å². The van der Waals surface area contributed by atoms with E-state index in [1.165, 1.54) is 51.4 Å². The third kappa shape index (κ3) is 17.6. The van der Waals surface area contributed by atoms with Gasteiger partial charge in [-0.25, -0.2) is 0 Å². The Kier molecular flexibility index (Phi) is 29.5. The molecule has 0 rings (SSSR count). The van der Waals surface area contributed by atoms with Gasteiger partial charge in [0.05, 0.1) is 0 Å². The Hall–Kier alpha value is 1.60. The van der Waals surface area contributed by atoms with Gasteiger partial charge in [-0.2, -0.15) is 0 Å². The fourth-order valence-corrected chi connectivity index (χ4v) is 1.21. The van der Waals surface area contributed by atoms with Crippen molar-refractivity contribution < 1.29 is 0 Å². The summed E-state index contributed by atoms with van der Waals surface area (Å²) in [6, 6.07) is 0. The molecule has 0 aromatic carbocycles. The molecule has 0 fully saturated rings. The molecule has 0 N–H and O–H groups in total. The Labute approximate surface area is 112 Å². The average molecular weight is 384 g/mol. The molecule has 0 aliphatic carbocycles. The van der Waals surface area contributed by atoms with Crippen molar-refractivity contribution in [2.45, 2.75) is 65.2 Å². The third-order valence-corrected chi connectivity index (χ3v) is 1.96. The van der Waals surface area contributed by atoms with Crippen LogP contribution >= 0.6 is 0 Å². The summed E-state index contributed by atoms with van der Waals surface area (Å²) in [5.41, 5.74) is 0. The molecule has 0 amide bonds. The summed E-state index contributed by atoms with van der Waals surface area (Å²) in [6.45, 7) is 4.54. The zero-order valence-electron chi connectivity index (χ0n) is 9.07. The monoisotopic (exact) mass is 386 g/mol. The summed E-state index contributed by atoms with van der Waals surface area (Å²) in [5, 5.41) is 0. The van der Waals surface area contributed by atoms with E-state index in [1.54, 1.807) is 0 Å². The van der Waals surface area contributed by atoms with Crippen LogP contribution in [-0.2, 0) is 0 Å². The summed E-state index contributed by atoms with van der Waals surface area (Å²) in [7, 11) is 0. The summed E-state index contributed by atoms with van der Waals surface area (Å²) >= 11 is 0. The van der Waals surface area contributed by atoms with Crippen LogP contribution in [0.2, 0.25) is 0 Å². The Morgan fingerprint density at radius 3 is 1.00 bits per heavy atom. The Morgan fingerprint density at radius 2 is 0.750 bits per heavy atom. The van der Waals surface area contributed by atoms with Crippen LogP contribution in [0.4, 0.5) is 0 Å². The van der Waals surface area contributed by atoms with Gasteiger partial charge in [0.25, 0.3) is 0 Å². The van der Waals surface area contributed by atoms with Crippen LogP contribution in [0.25, 0.3) is 0 Å². The number of rotatable bonds is 7. The molecule has 12 heavy (non-hydrogen) atoms. The number of hydrogen-bond acceptors (Lipinski definition) is 0. The molecule has 4 radical (unpaired) electrons. The van der Waals surface area contributed by atoms with Crippen molar-refractivity contribution in [1.29, 1.82) is 0 Å². The van der Waals surface area contributed by atoms with E-state index in [9.17, 15) is 0 Å². The van der Waals surface area contributed by atoms with E-state index in [4.69, 9.17) is 0 Å². The van der Waals surface area contributed by atoms with E-state index in [0.717, 1.165) is 0 Å². The van der Waals surface area contributed by atoms with E-state index < -0.39 is 0 Å². The summed E-state index contributed by atoms with van der Waals surface area (Å²) in [5.74, 6) is 0. The molecular formula is C10H26Sn2. The van der Waals surface area contributed by atoms with Gasteiger partial charge in [0, 0.05) is 0 Å². The molecule has 0 saturated heterocycles. The van der Waals surface area contributed by atoms with E-state index in [1.807, 2.05) is 0 Å². The van der Waals surface area contributed by atoms with Crippen LogP contribution in [0.3, 0.4) is 0 Å². The van der Waals surface area contributed by atoms with Crippen LogP contribution in [0, 0.1) is 0 Å². The zero-order valence-corrected chi connectivity index (χ0v) is 17.1. The van der Waals surface area contributed by atoms with Gasteiger partial charge in [-0.05, 0) is 0 Å². The molecule has 74 valence electrons. The maximum absolute atomic E-state index is 2.27. The molecule has 0 saturated carbocycles. The first-order chi connectivity index (χ1) is 4.91. The summed E-state index contributed by atoms with van der Waals surface area (Å²) < 4.78 is 0. The van der Waals surface area contributed by atoms with Crippen molar-refractivity contribution in [3.63, 3.8) is 0 Å². The van der Waals surface area contributed by atoms with Gasteiger partial charge < -0.3 is 0 Å². The average Bonchev–Trinajstić information content (AvgIpc) is 1.97. The van der Waals surface area contributed by atoms with Gasteiger partial charge in [0.1, 0.15) is 0 Å². The van der Waals surface area contributed by atoms with E-state index in [2.05, 4.69) is 13.8 Å². The van der Waals surface area contributed by atoms with Crippen LogP contribution in [0.15, 0.2) is 0 Å². The molecule has 0 spiro atoms. The molecule has 0 unspecified atom stereocenters. The fourth-order valence-electron chi connectivity index (χ4n) is 1.21. The van der Waals surface area contributed by atoms with Gasteiger partial charge >= 0.3 is 47.8 Å². The normalized spacial score (nSPS) is 8.50. The molecule has 0 bridgehead atoms. The fraction of sp³-hybridized carbons (Fsp3) is 1.00. The molecule has 0 atom stereocenters. The molecule has 0 aromatic heterocycles. The minimum atomic E-state index is 0. The van der Waals surface area contributed by atoms with E-state index >= 15 is 0 Å². The van der Waals surface area contributed by atoms with Crippen molar-refractivity contribution >= 4 is 47.8 Å². The van der Waals surface area contributed by atoms with Crippen molar-refractivity contribution in [1.82, 2.24) is 0 Å². The van der Waals surface area contributed by atoms with Gasteiger partial charge in [-0.3, -0.25) is 0 Å². The second-order valence-corrected chi connectivity index (χ2v) is 3.12. The van der Waals surface area contributed by atoms with Crippen LogP contribution in [-0.4, -0.2) is 47.8 Å². The van der Waals surface area contributed by atoms with Crippen molar-refractivity contribution in [3.05, 3.63) is 0 Å². The van der Waals surface area contributed by atoms with Crippen molar-refractivity contribution in [3.8, 4) is 0 Å². The van der Waals surface area contributed by atoms with Gasteiger partial charge in [0.2, 0.25) is 0 Å². The molecular weight excluding hydrogens is 358 g/mol. The van der Waals surface area contributed by atoms with Gasteiger partial charge in [0.15, 0.2) is 0 Å². The second kappa shape index (κ2) is 18.4. The maximum atomic E-state index is 2.27. The Balaban J connectivity index is -0.000000405. The van der Waals surface area contributed by atoms with Crippen LogP contribution in [0.5, 0.6) is 0 Å². The van der Waals surface area contributed by atoms with Gasteiger partial charge in [-0.15, -0.1) is 0 Å². The molecule has 0 heterocycles. The van der Waals surface area contributed by atoms with Gasteiger partial charge in [-0.1, -0.05) is 65.2 Å². The Morgan fingerprint density at radius 1 is 0.500 bits per heavy atom. The number of hydrogen-bond donors (Lipinski definition) is 0. The van der Waals surface area contributed by atoms with Crippen LogP contribution in [0.1, 0.15) is 65.2 Å². The predicted octanol–water partition coefficient (Wildman–Crippen LogP) is 2.31. The SMILES string of the molecule is CCCCCCCCCC.[SnH2].[SnH2]. The van der Waals surface area contributed by atoms with Crippen LogP contribution < -0.4 is 0 Å². The van der Waals surface area contributed by atoms with Crippen molar-refractivity contribution in [2.75, 3.05) is 0 Å². The first kappa shape index (κ1) is 19.2. The van der Waals surface area contributed by atoms with Crippen molar-refractivity contribution in [2.24, 2.45) is 0 Å². The number of unbranched alkanes of at least 4 members (excludes halogenated alkanes) is 7. The predicted molar refractivity (Wildman–Crippen MR) is 65.4 cm³/mol. The molecule has 0 nitrogen and oxygen atoms in total. The molecule has 0 aliphatic rings. The second-order valence-electron chi connectivity index (χ2n) is 3.12. The third-order valence-electron chi connectivity index (χ3n) is 1.96. The van der Waals surface area contributed by atoms with E-state index in [0.29, 0.717) is 0 Å². The summed E-state index contributed by atoms with van der Waals surface area (Å²) in [6.07, 6.45) is 11.5. The molecule has 2 heteroatoms. The topological polar surface area (TPSA) is 0 Å². The summed E-state index contributed by atoms with van der Waals surface area (Å²) in [4.78, 5) is 0. The minimum absolute atomic E-state index is 0. The first-order valence-electron chi connectivity index (χ1n) is 4.91. The molecule has 0 aliphatic heterocycles.